The molecule has 1 aliphatic heterocycles. The van der Waals surface area contributed by atoms with Gasteiger partial charge in [0, 0.05) is 18.2 Å². The van der Waals surface area contributed by atoms with Gasteiger partial charge in [0.2, 0.25) is 0 Å². The average Bonchev–Trinajstić information content (AvgIpc) is 2.84. The van der Waals surface area contributed by atoms with Crippen LogP contribution >= 0.6 is 12.2 Å². The highest BCUT2D eigenvalue weighted by Crippen LogP contribution is 2.23. The van der Waals surface area contributed by atoms with E-state index >= 15 is 0 Å². The second kappa shape index (κ2) is 7.73. The number of benzene rings is 1. The molecule has 0 radical (unpaired) electrons. The largest absolute Gasteiger partial charge is 0.494 e. The van der Waals surface area contributed by atoms with Crippen LogP contribution in [0.2, 0.25) is 0 Å². The number of nitrogens with zero attached hydrogens (tertiary/aromatic N) is 1. The molecule has 0 amide bonds. The normalized spacial score (nSPS) is 22.4. The summed E-state index contributed by atoms with van der Waals surface area (Å²) in [6.45, 7) is 5.15. The van der Waals surface area contributed by atoms with Gasteiger partial charge in [-0.3, -0.25) is 4.90 Å². The Balaban J connectivity index is 1.75. The number of hydrogen-bond acceptors (Lipinski definition) is 4. The number of aliphatic hydroxyl groups is 1. The lowest BCUT2D eigenvalue weighted by Gasteiger charge is -2.24. The quantitative estimate of drug-likeness (QED) is 0.594. The van der Waals surface area contributed by atoms with Crippen molar-refractivity contribution in [2.45, 2.75) is 25.8 Å². The van der Waals surface area contributed by atoms with Crippen LogP contribution in [0, 0.1) is 5.92 Å². The van der Waals surface area contributed by atoms with E-state index in [1.165, 1.54) is 6.42 Å². The Hall–Kier alpha value is -1.17. The molecule has 0 aliphatic carbocycles. The molecule has 21 heavy (non-hydrogen) atoms. The smallest absolute Gasteiger partial charge is 0.119 e. The van der Waals surface area contributed by atoms with Gasteiger partial charge in [0.15, 0.2) is 0 Å². The van der Waals surface area contributed by atoms with Gasteiger partial charge in [-0.1, -0.05) is 31.3 Å². The van der Waals surface area contributed by atoms with E-state index in [4.69, 9.17) is 22.7 Å². The van der Waals surface area contributed by atoms with E-state index in [1.54, 1.807) is 0 Å². The minimum atomic E-state index is 0.248. The first kappa shape index (κ1) is 16.2. The van der Waals surface area contributed by atoms with Gasteiger partial charge in [-0.05, 0) is 37.4 Å². The van der Waals surface area contributed by atoms with Gasteiger partial charge in [0.25, 0.3) is 0 Å². The molecule has 1 fully saturated rings. The van der Waals surface area contributed by atoms with Gasteiger partial charge in [0.1, 0.15) is 10.7 Å². The van der Waals surface area contributed by atoms with Crippen molar-refractivity contribution >= 4 is 17.2 Å². The first-order chi connectivity index (χ1) is 10.1. The number of nitrogens with two attached hydrogens (primary N) is 1. The summed E-state index contributed by atoms with van der Waals surface area (Å²) in [5.74, 6) is 1.38. The number of thiocarbonyl (C=S) groups is 1. The van der Waals surface area contributed by atoms with Crippen molar-refractivity contribution in [2.75, 3.05) is 26.3 Å². The lowest BCUT2D eigenvalue weighted by atomic mass is 10.0. The Morgan fingerprint density at radius 3 is 3.05 bits per heavy atom. The van der Waals surface area contributed by atoms with Gasteiger partial charge in [-0.15, -0.1) is 0 Å². The monoisotopic (exact) mass is 308 g/mol. The van der Waals surface area contributed by atoms with Crippen molar-refractivity contribution in [3.05, 3.63) is 29.8 Å². The van der Waals surface area contributed by atoms with Crippen LogP contribution in [-0.2, 0) is 0 Å². The Kier molecular flexibility index (Phi) is 5.96. The van der Waals surface area contributed by atoms with E-state index < -0.39 is 0 Å². The molecular formula is C16H24N2O2S. The van der Waals surface area contributed by atoms with Gasteiger partial charge < -0.3 is 15.6 Å². The van der Waals surface area contributed by atoms with Crippen LogP contribution in [0.4, 0.5) is 0 Å². The van der Waals surface area contributed by atoms with Crippen LogP contribution in [0.15, 0.2) is 24.3 Å². The number of aliphatic hydroxyl groups excluding tert-OH is 1. The standard InChI is InChI=1S/C16H24N2O2S/c1-12-6-8-18(15(12)11-19)7-3-9-20-14-5-2-4-13(10-14)16(17)21/h2,4-5,10,12,15,19H,3,6-9,11H2,1H3,(H2,17,21). The molecule has 1 heterocycles. The molecule has 4 nitrogen and oxygen atoms in total. The van der Waals surface area contributed by atoms with Crippen molar-refractivity contribution in [3.63, 3.8) is 0 Å². The SMILES string of the molecule is CC1CCN(CCCOc2cccc(C(N)=S)c2)C1CO. The van der Waals surface area contributed by atoms with E-state index in [9.17, 15) is 5.11 Å². The predicted molar refractivity (Wildman–Crippen MR) is 88.7 cm³/mol. The molecular weight excluding hydrogens is 284 g/mol. The number of rotatable bonds is 7. The van der Waals surface area contributed by atoms with Crippen molar-refractivity contribution in [1.29, 1.82) is 0 Å². The molecule has 2 unspecified atom stereocenters. The van der Waals surface area contributed by atoms with E-state index in [1.807, 2.05) is 24.3 Å². The van der Waals surface area contributed by atoms with E-state index in [0.717, 1.165) is 30.8 Å². The highest BCUT2D eigenvalue weighted by Gasteiger charge is 2.29. The maximum Gasteiger partial charge on any atom is 0.119 e. The Labute approximate surface area is 131 Å². The summed E-state index contributed by atoms with van der Waals surface area (Å²) in [7, 11) is 0. The summed E-state index contributed by atoms with van der Waals surface area (Å²) in [6.07, 6.45) is 2.11. The molecule has 0 spiro atoms. The van der Waals surface area contributed by atoms with E-state index in [-0.39, 0.29) is 6.61 Å². The van der Waals surface area contributed by atoms with Crippen LogP contribution < -0.4 is 10.5 Å². The first-order valence-corrected chi connectivity index (χ1v) is 7.90. The zero-order valence-electron chi connectivity index (χ0n) is 12.5. The zero-order chi connectivity index (χ0) is 15.2. The van der Waals surface area contributed by atoms with Crippen molar-refractivity contribution in [2.24, 2.45) is 11.7 Å². The third-order valence-electron chi connectivity index (χ3n) is 4.16. The molecule has 5 heteroatoms. The first-order valence-electron chi connectivity index (χ1n) is 7.49. The molecule has 1 aliphatic rings. The Bertz CT molecular complexity index is 481. The molecule has 2 atom stereocenters. The topological polar surface area (TPSA) is 58.7 Å². The molecule has 0 aromatic heterocycles. The molecule has 1 saturated heterocycles. The summed E-state index contributed by atoms with van der Waals surface area (Å²) in [4.78, 5) is 2.75. The number of ether oxygens (including phenoxy) is 1. The van der Waals surface area contributed by atoms with Crippen molar-refractivity contribution in [3.8, 4) is 5.75 Å². The molecule has 3 N–H and O–H groups in total. The highest BCUT2D eigenvalue weighted by atomic mass is 32.1. The molecule has 1 aromatic carbocycles. The Morgan fingerprint density at radius 2 is 2.33 bits per heavy atom. The lowest BCUT2D eigenvalue weighted by molar-refractivity contribution is 0.133. The third-order valence-corrected chi connectivity index (χ3v) is 4.40. The zero-order valence-corrected chi connectivity index (χ0v) is 13.3. The minimum absolute atomic E-state index is 0.248. The second-order valence-corrected chi connectivity index (χ2v) is 6.09. The fourth-order valence-corrected chi connectivity index (χ4v) is 2.98. The summed E-state index contributed by atoms with van der Waals surface area (Å²) in [6, 6.07) is 7.87. The van der Waals surface area contributed by atoms with Crippen LogP contribution in [0.25, 0.3) is 0 Å². The van der Waals surface area contributed by atoms with Crippen molar-refractivity contribution < 1.29 is 9.84 Å². The number of likely N-dealkylation sites (tertiary alicyclic amines) is 1. The van der Waals surface area contributed by atoms with E-state index in [0.29, 0.717) is 23.6 Å². The van der Waals surface area contributed by atoms with Crippen LogP contribution in [0.1, 0.15) is 25.3 Å². The van der Waals surface area contributed by atoms with Gasteiger partial charge >= 0.3 is 0 Å². The fourth-order valence-electron chi connectivity index (χ4n) is 2.86. The minimum Gasteiger partial charge on any atom is -0.494 e. The second-order valence-electron chi connectivity index (χ2n) is 5.65. The average molecular weight is 308 g/mol. The summed E-state index contributed by atoms with van der Waals surface area (Å²) < 4.78 is 5.75. The Morgan fingerprint density at radius 1 is 1.52 bits per heavy atom. The fraction of sp³-hybridized carbons (Fsp3) is 0.562. The molecule has 0 saturated carbocycles. The highest BCUT2D eigenvalue weighted by molar-refractivity contribution is 7.80. The van der Waals surface area contributed by atoms with Crippen LogP contribution in [0.5, 0.6) is 5.75 Å². The summed E-state index contributed by atoms with van der Waals surface area (Å²) >= 11 is 4.96. The van der Waals surface area contributed by atoms with Gasteiger partial charge in [0.05, 0.1) is 13.2 Å². The maximum absolute atomic E-state index is 9.43. The predicted octanol–water partition coefficient (Wildman–Crippen LogP) is 1.79. The maximum atomic E-state index is 9.43. The summed E-state index contributed by atoms with van der Waals surface area (Å²) in [5, 5.41) is 9.43. The molecule has 2 rings (SSSR count). The molecule has 1 aromatic rings. The summed E-state index contributed by atoms with van der Waals surface area (Å²) in [5.41, 5.74) is 6.44. The van der Waals surface area contributed by atoms with Gasteiger partial charge in [-0.25, -0.2) is 0 Å². The van der Waals surface area contributed by atoms with Crippen LogP contribution in [-0.4, -0.2) is 47.3 Å². The third kappa shape index (κ3) is 4.40. The molecule has 116 valence electrons. The van der Waals surface area contributed by atoms with Gasteiger partial charge in [-0.2, -0.15) is 0 Å². The van der Waals surface area contributed by atoms with Crippen LogP contribution in [0.3, 0.4) is 0 Å². The van der Waals surface area contributed by atoms with E-state index in [2.05, 4.69) is 11.8 Å². The number of hydrogen-bond donors (Lipinski definition) is 2. The molecule has 0 bridgehead atoms. The van der Waals surface area contributed by atoms with Crippen molar-refractivity contribution in [1.82, 2.24) is 4.90 Å². The lowest BCUT2D eigenvalue weighted by Crippen LogP contribution is -2.36.